The van der Waals surface area contributed by atoms with Crippen molar-refractivity contribution < 1.29 is 0 Å². The van der Waals surface area contributed by atoms with Crippen LogP contribution in [0.2, 0.25) is 5.02 Å². The van der Waals surface area contributed by atoms with Crippen molar-refractivity contribution in [1.82, 2.24) is 5.01 Å². The normalized spacial score (nSPS) is 15.5. The summed E-state index contributed by atoms with van der Waals surface area (Å²) in [6, 6.07) is 15.9. The number of benzene rings is 2. The molecule has 3 rings (SSSR count). The molecule has 2 aromatic carbocycles. The number of hydrogen-bond acceptors (Lipinski definition) is 3. The average molecular weight is 315 g/mol. The van der Waals surface area contributed by atoms with Crippen molar-refractivity contribution in [2.75, 3.05) is 31.1 Å². The molecule has 22 heavy (non-hydrogen) atoms. The Morgan fingerprint density at radius 2 is 1.59 bits per heavy atom. The lowest BCUT2D eigenvalue weighted by Crippen LogP contribution is -2.44. The van der Waals surface area contributed by atoms with Crippen molar-refractivity contribution >= 4 is 23.0 Å². The first-order valence-corrected chi connectivity index (χ1v) is 7.83. The molecule has 1 aliphatic heterocycles. The van der Waals surface area contributed by atoms with Crippen molar-refractivity contribution in [3.05, 3.63) is 59.1 Å². The molecule has 1 fully saturated rings. The lowest BCUT2D eigenvalue weighted by atomic mass is 10.1. The molecule has 0 spiro atoms. The molecule has 0 amide bonds. The summed E-state index contributed by atoms with van der Waals surface area (Å²) in [5.74, 6) is 0. The Morgan fingerprint density at radius 3 is 2.27 bits per heavy atom. The highest BCUT2D eigenvalue weighted by atomic mass is 35.5. The monoisotopic (exact) mass is 314 g/mol. The summed E-state index contributed by atoms with van der Waals surface area (Å²) in [4.78, 5) is 2.41. The highest BCUT2D eigenvalue weighted by Gasteiger charge is 2.17. The third-order valence-corrected chi connectivity index (χ3v) is 4.08. The highest BCUT2D eigenvalue weighted by molar-refractivity contribution is 6.30. The molecule has 0 unspecified atom stereocenters. The van der Waals surface area contributed by atoms with Crippen LogP contribution in [-0.4, -0.2) is 31.2 Å². The molecule has 1 saturated heterocycles. The van der Waals surface area contributed by atoms with Crippen LogP contribution in [0.25, 0.3) is 0 Å². The van der Waals surface area contributed by atoms with E-state index in [0.717, 1.165) is 31.9 Å². The first-order chi connectivity index (χ1) is 10.7. The minimum absolute atomic E-state index is 0.714. The summed E-state index contributed by atoms with van der Waals surface area (Å²) < 4.78 is 0. The molecule has 1 heterocycles. The predicted molar refractivity (Wildman–Crippen MR) is 90.9 cm³/mol. The Balaban J connectivity index is 1.58. The maximum atomic E-state index is 5.86. The van der Waals surface area contributed by atoms with Gasteiger partial charge in [0, 0.05) is 23.8 Å². The van der Waals surface area contributed by atoms with Crippen molar-refractivity contribution in [3.63, 3.8) is 0 Å². The molecule has 0 radical (unpaired) electrons. The number of halogens is 1. The van der Waals surface area contributed by atoms with Crippen LogP contribution in [0.4, 0.5) is 11.4 Å². The van der Waals surface area contributed by atoms with E-state index in [4.69, 9.17) is 11.6 Å². The van der Waals surface area contributed by atoms with Crippen LogP contribution in [0.15, 0.2) is 58.9 Å². The van der Waals surface area contributed by atoms with Crippen LogP contribution >= 0.6 is 11.6 Å². The second-order valence-corrected chi connectivity index (χ2v) is 5.83. The molecule has 4 nitrogen and oxygen atoms in total. The first kappa shape index (κ1) is 14.9. The third kappa shape index (κ3) is 3.57. The van der Waals surface area contributed by atoms with Gasteiger partial charge in [-0.2, -0.15) is 0 Å². The van der Waals surface area contributed by atoms with Crippen molar-refractivity contribution in [3.8, 4) is 0 Å². The number of anilines is 1. The lowest BCUT2D eigenvalue weighted by Gasteiger charge is -2.34. The maximum absolute atomic E-state index is 5.86. The predicted octanol–water partition coefficient (Wildman–Crippen LogP) is 4.47. The van der Waals surface area contributed by atoms with Gasteiger partial charge in [0.25, 0.3) is 0 Å². The minimum Gasteiger partial charge on any atom is -0.368 e. The number of aryl methyl sites for hydroxylation is 1. The molecule has 0 aliphatic carbocycles. The van der Waals surface area contributed by atoms with Gasteiger partial charge in [0.15, 0.2) is 0 Å². The summed E-state index contributed by atoms with van der Waals surface area (Å²) >= 11 is 5.86. The molecule has 0 atom stereocenters. The van der Waals surface area contributed by atoms with Crippen LogP contribution in [0.5, 0.6) is 0 Å². The SMILES string of the molecule is Cc1ccccc1N1CCN(/N=N/c2ccc(Cl)cc2)CC1. The van der Waals surface area contributed by atoms with Gasteiger partial charge in [-0.3, -0.25) is 5.01 Å². The fourth-order valence-electron chi connectivity index (χ4n) is 2.57. The standard InChI is InChI=1S/C17H19ClN4/c1-14-4-2-3-5-17(14)21-10-12-22(13-11-21)20-19-16-8-6-15(18)7-9-16/h2-9H,10-13H2,1H3/b20-19+. The molecular weight excluding hydrogens is 296 g/mol. The largest absolute Gasteiger partial charge is 0.368 e. The fraction of sp³-hybridized carbons (Fsp3) is 0.294. The van der Waals surface area contributed by atoms with Gasteiger partial charge >= 0.3 is 0 Å². The zero-order chi connectivity index (χ0) is 15.4. The van der Waals surface area contributed by atoms with E-state index in [9.17, 15) is 0 Å². The van der Waals surface area contributed by atoms with Crippen LogP contribution in [0.3, 0.4) is 0 Å². The molecular formula is C17H19ClN4. The topological polar surface area (TPSA) is 31.2 Å². The lowest BCUT2D eigenvalue weighted by molar-refractivity contribution is 0.254. The van der Waals surface area contributed by atoms with Gasteiger partial charge in [0.1, 0.15) is 0 Å². The second kappa shape index (κ2) is 6.79. The maximum Gasteiger partial charge on any atom is 0.0875 e. The zero-order valence-electron chi connectivity index (χ0n) is 12.6. The van der Waals surface area contributed by atoms with Gasteiger partial charge < -0.3 is 4.90 Å². The smallest absolute Gasteiger partial charge is 0.0875 e. The number of nitrogens with zero attached hydrogens (tertiary/aromatic N) is 4. The Hall–Kier alpha value is -2.07. The van der Waals surface area contributed by atoms with Gasteiger partial charge in [0.05, 0.1) is 18.8 Å². The molecule has 1 aliphatic rings. The van der Waals surface area contributed by atoms with E-state index >= 15 is 0 Å². The molecule has 0 bridgehead atoms. The average Bonchev–Trinajstić information content (AvgIpc) is 2.55. The number of rotatable bonds is 3. The van der Waals surface area contributed by atoms with Crippen molar-refractivity contribution in [1.29, 1.82) is 0 Å². The van der Waals surface area contributed by atoms with Crippen LogP contribution < -0.4 is 4.90 Å². The van der Waals surface area contributed by atoms with Crippen LogP contribution in [-0.2, 0) is 0 Å². The molecule has 5 heteroatoms. The molecule has 114 valence electrons. The van der Waals surface area contributed by atoms with E-state index in [-0.39, 0.29) is 0 Å². The van der Waals surface area contributed by atoms with E-state index in [0.29, 0.717) is 5.02 Å². The quantitative estimate of drug-likeness (QED) is 0.783. The van der Waals surface area contributed by atoms with Gasteiger partial charge in [0.2, 0.25) is 0 Å². The molecule has 0 N–H and O–H groups in total. The zero-order valence-corrected chi connectivity index (χ0v) is 13.4. The second-order valence-electron chi connectivity index (χ2n) is 5.39. The van der Waals surface area contributed by atoms with E-state index in [1.165, 1.54) is 11.3 Å². The first-order valence-electron chi connectivity index (χ1n) is 7.45. The van der Waals surface area contributed by atoms with Gasteiger partial charge in [-0.1, -0.05) is 35.0 Å². The van der Waals surface area contributed by atoms with E-state index in [1.54, 1.807) is 0 Å². The summed E-state index contributed by atoms with van der Waals surface area (Å²) in [7, 11) is 0. The minimum atomic E-state index is 0.714. The number of para-hydroxylation sites is 1. The van der Waals surface area contributed by atoms with Crippen LogP contribution in [0.1, 0.15) is 5.56 Å². The number of hydrogen-bond donors (Lipinski definition) is 0. The Labute approximate surface area is 136 Å². The highest BCUT2D eigenvalue weighted by Crippen LogP contribution is 2.21. The van der Waals surface area contributed by atoms with Crippen molar-refractivity contribution in [2.45, 2.75) is 6.92 Å². The fourth-order valence-corrected chi connectivity index (χ4v) is 2.69. The Kier molecular flexibility index (Phi) is 4.59. The van der Waals surface area contributed by atoms with Crippen molar-refractivity contribution in [2.24, 2.45) is 10.3 Å². The summed E-state index contributed by atoms with van der Waals surface area (Å²) in [6.45, 7) is 5.84. The van der Waals surface area contributed by atoms with Gasteiger partial charge in [-0.05, 0) is 42.8 Å². The summed E-state index contributed by atoms with van der Waals surface area (Å²) in [5, 5.41) is 11.3. The van der Waals surface area contributed by atoms with Gasteiger partial charge in [-0.15, -0.1) is 5.11 Å². The summed E-state index contributed by atoms with van der Waals surface area (Å²) in [6.07, 6.45) is 0. The number of piperazine rings is 1. The third-order valence-electron chi connectivity index (χ3n) is 3.83. The molecule has 2 aromatic rings. The van der Waals surface area contributed by atoms with E-state index in [2.05, 4.69) is 46.4 Å². The molecule has 0 saturated carbocycles. The Bertz CT molecular complexity index is 646. The van der Waals surface area contributed by atoms with Gasteiger partial charge in [-0.25, -0.2) is 0 Å². The molecule has 0 aromatic heterocycles. The van der Waals surface area contributed by atoms with E-state index in [1.807, 2.05) is 29.3 Å². The van der Waals surface area contributed by atoms with Crippen LogP contribution in [0, 0.1) is 6.92 Å². The van der Waals surface area contributed by atoms with E-state index < -0.39 is 0 Å². The Morgan fingerprint density at radius 1 is 0.909 bits per heavy atom. The summed E-state index contributed by atoms with van der Waals surface area (Å²) in [5.41, 5.74) is 3.46.